The van der Waals surface area contributed by atoms with Gasteiger partial charge < -0.3 is 11.1 Å². The Labute approximate surface area is 106 Å². The maximum absolute atomic E-state index is 11.7. The molecule has 0 atom stereocenters. The van der Waals surface area contributed by atoms with Crippen molar-refractivity contribution in [1.29, 1.82) is 0 Å². The molecule has 1 aliphatic rings. The molecule has 0 spiro atoms. The summed E-state index contributed by atoms with van der Waals surface area (Å²) in [5.41, 5.74) is 6.82. The van der Waals surface area contributed by atoms with Crippen LogP contribution < -0.4 is 11.1 Å². The van der Waals surface area contributed by atoms with Gasteiger partial charge in [-0.15, -0.1) is 0 Å². The van der Waals surface area contributed by atoms with Crippen LogP contribution in [0.25, 0.3) is 0 Å². The van der Waals surface area contributed by atoms with Crippen LogP contribution in [0, 0.1) is 5.41 Å². The highest BCUT2D eigenvalue weighted by Gasteiger charge is 2.41. The van der Waals surface area contributed by atoms with Gasteiger partial charge in [-0.25, -0.2) is 0 Å². The molecule has 0 saturated heterocycles. The molecule has 0 bridgehead atoms. The van der Waals surface area contributed by atoms with Crippen LogP contribution >= 0.6 is 11.6 Å². The molecule has 1 saturated carbocycles. The van der Waals surface area contributed by atoms with Crippen molar-refractivity contribution in [2.75, 3.05) is 13.1 Å². The third-order valence-corrected chi connectivity index (χ3v) is 3.58. The lowest BCUT2D eigenvalue weighted by atomic mass is 10.1. The van der Waals surface area contributed by atoms with E-state index in [0.29, 0.717) is 24.5 Å². The third kappa shape index (κ3) is 3.45. The van der Waals surface area contributed by atoms with E-state index in [9.17, 15) is 4.79 Å². The fourth-order valence-electron chi connectivity index (χ4n) is 1.77. The van der Waals surface area contributed by atoms with Gasteiger partial charge in [0.25, 0.3) is 0 Å². The summed E-state index contributed by atoms with van der Waals surface area (Å²) in [4.78, 5) is 11.7. The van der Waals surface area contributed by atoms with Gasteiger partial charge in [-0.3, -0.25) is 4.79 Å². The Kier molecular flexibility index (Phi) is 3.69. The van der Waals surface area contributed by atoms with Crippen molar-refractivity contribution in [3.8, 4) is 0 Å². The van der Waals surface area contributed by atoms with Crippen LogP contribution in [0.2, 0.25) is 5.02 Å². The quantitative estimate of drug-likeness (QED) is 0.839. The van der Waals surface area contributed by atoms with E-state index in [0.717, 1.165) is 18.4 Å². The van der Waals surface area contributed by atoms with E-state index in [1.165, 1.54) is 0 Å². The molecule has 1 aromatic carbocycles. The average Bonchev–Trinajstić information content (AvgIpc) is 3.10. The highest BCUT2D eigenvalue weighted by molar-refractivity contribution is 6.30. The van der Waals surface area contributed by atoms with Gasteiger partial charge in [-0.2, -0.15) is 0 Å². The van der Waals surface area contributed by atoms with Gasteiger partial charge in [0, 0.05) is 11.6 Å². The molecule has 0 heterocycles. The Morgan fingerprint density at radius 1 is 1.35 bits per heavy atom. The number of benzene rings is 1. The van der Waals surface area contributed by atoms with Crippen molar-refractivity contribution in [2.45, 2.75) is 19.3 Å². The zero-order chi connectivity index (χ0) is 12.3. The summed E-state index contributed by atoms with van der Waals surface area (Å²) < 4.78 is 0. The molecule has 0 aliphatic heterocycles. The van der Waals surface area contributed by atoms with Crippen molar-refractivity contribution in [3.05, 3.63) is 34.9 Å². The van der Waals surface area contributed by atoms with Crippen LogP contribution in [0.1, 0.15) is 18.4 Å². The minimum Gasteiger partial charge on any atom is -0.355 e. The number of halogens is 1. The second kappa shape index (κ2) is 5.07. The third-order valence-electron chi connectivity index (χ3n) is 3.33. The fraction of sp³-hybridized carbons (Fsp3) is 0.462. The van der Waals surface area contributed by atoms with Crippen molar-refractivity contribution >= 4 is 17.5 Å². The lowest BCUT2D eigenvalue weighted by Crippen LogP contribution is -2.34. The molecule has 0 aromatic heterocycles. The Morgan fingerprint density at radius 3 is 2.53 bits per heavy atom. The van der Waals surface area contributed by atoms with Crippen LogP contribution in [0.15, 0.2) is 24.3 Å². The zero-order valence-electron chi connectivity index (χ0n) is 9.71. The zero-order valence-corrected chi connectivity index (χ0v) is 10.5. The van der Waals surface area contributed by atoms with Gasteiger partial charge in [-0.1, -0.05) is 23.7 Å². The minimum absolute atomic E-state index is 0.0482. The first-order valence-corrected chi connectivity index (χ1v) is 6.23. The van der Waals surface area contributed by atoms with Gasteiger partial charge in [0.2, 0.25) is 5.91 Å². The predicted octanol–water partition coefficient (Wildman–Crippen LogP) is 1.74. The van der Waals surface area contributed by atoms with Crippen LogP contribution in [0.4, 0.5) is 0 Å². The summed E-state index contributed by atoms with van der Waals surface area (Å²) >= 11 is 5.78. The lowest BCUT2D eigenvalue weighted by molar-refractivity contribution is -0.120. The van der Waals surface area contributed by atoms with Gasteiger partial charge in [0.1, 0.15) is 0 Å². The van der Waals surface area contributed by atoms with E-state index < -0.39 is 0 Å². The number of hydrogen-bond acceptors (Lipinski definition) is 2. The van der Waals surface area contributed by atoms with Crippen molar-refractivity contribution in [3.63, 3.8) is 0 Å². The molecule has 0 radical (unpaired) electrons. The molecule has 1 amide bonds. The van der Waals surface area contributed by atoms with Crippen LogP contribution in [0.5, 0.6) is 0 Å². The number of nitrogens with two attached hydrogens (primary N) is 1. The van der Waals surface area contributed by atoms with E-state index in [2.05, 4.69) is 5.32 Å². The second-order valence-electron chi connectivity index (χ2n) is 4.78. The molecular formula is C13H17ClN2O. The highest BCUT2D eigenvalue weighted by Crippen LogP contribution is 2.43. The van der Waals surface area contributed by atoms with Gasteiger partial charge >= 0.3 is 0 Å². The van der Waals surface area contributed by atoms with Crippen molar-refractivity contribution < 1.29 is 4.79 Å². The first kappa shape index (κ1) is 12.4. The molecule has 4 heteroatoms. The summed E-state index contributed by atoms with van der Waals surface area (Å²) in [6.45, 7) is 1.37. The molecule has 3 nitrogen and oxygen atoms in total. The molecule has 0 unspecified atom stereocenters. The molecule has 17 heavy (non-hydrogen) atoms. The summed E-state index contributed by atoms with van der Waals surface area (Å²) in [5.74, 6) is 0.0482. The fourth-order valence-corrected chi connectivity index (χ4v) is 1.89. The number of carbonyl (C=O) groups excluding carboxylic acids is 1. The second-order valence-corrected chi connectivity index (χ2v) is 5.22. The van der Waals surface area contributed by atoms with Crippen LogP contribution in [-0.2, 0) is 11.2 Å². The summed E-state index contributed by atoms with van der Waals surface area (Å²) in [6.07, 6.45) is 2.66. The van der Waals surface area contributed by atoms with Crippen molar-refractivity contribution in [1.82, 2.24) is 5.32 Å². The van der Waals surface area contributed by atoms with E-state index in [-0.39, 0.29) is 11.3 Å². The topological polar surface area (TPSA) is 55.1 Å². The van der Waals surface area contributed by atoms with Crippen LogP contribution in [0.3, 0.4) is 0 Å². The van der Waals surface area contributed by atoms with Gasteiger partial charge in [0.15, 0.2) is 0 Å². The number of nitrogens with one attached hydrogen (secondary N) is 1. The minimum atomic E-state index is 0.0482. The highest BCUT2D eigenvalue weighted by atomic mass is 35.5. The maximum Gasteiger partial charge on any atom is 0.224 e. The van der Waals surface area contributed by atoms with E-state index >= 15 is 0 Å². The van der Waals surface area contributed by atoms with E-state index in [1.54, 1.807) is 12.1 Å². The van der Waals surface area contributed by atoms with E-state index in [1.807, 2.05) is 12.1 Å². The lowest BCUT2D eigenvalue weighted by Gasteiger charge is -2.13. The normalized spacial score (nSPS) is 16.6. The van der Waals surface area contributed by atoms with Crippen molar-refractivity contribution in [2.24, 2.45) is 11.1 Å². The molecular weight excluding hydrogens is 236 g/mol. The SMILES string of the molecule is NCC1(CNC(=O)Cc2ccc(Cl)cc2)CC1. The van der Waals surface area contributed by atoms with Crippen LogP contribution in [-0.4, -0.2) is 19.0 Å². The first-order chi connectivity index (χ1) is 8.13. The number of rotatable bonds is 5. The Morgan fingerprint density at radius 2 is 2.00 bits per heavy atom. The molecule has 92 valence electrons. The number of carbonyl (C=O) groups is 1. The van der Waals surface area contributed by atoms with E-state index in [4.69, 9.17) is 17.3 Å². The summed E-state index contributed by atoms with van der Waals surface area (Å²) in [6, 6.07) is 7.34. The van der Waals surface area contributed by atoms with Gasteiger partial charge in [-0.05, 0) is 42.5 Å². The standard InChI is InChI=1S/C13H17ClN2O/c14-11-3-1-10(2-4-11)7-12(17)16-9-13(8-15)5-6-13/h1-4H,5-9,15H2,(H,16,17). The molecule has 1 aliphatic carbocycles. The molecule has 1 aromatic rings. The Hall–Kier alpha value is -1.06. The summed E-state index contributed by atoms with van der Waals surface area (Å²) in [7, 11) is 0. The molecule has 2 rings (SSSR count). The largest absolute Gasteiger partial charge is 0.355 e. The predicted molar refractivity (Wildman–Crippen MR) is 68.9 cm³/mol. The monoisotopic (exact) mass is 252 g/mol. The average molecular weight is 253 g/mol. The molecule has 1 fully saturated rings. The Bertz CT molecular complexity index is 398. The number of amides is 1. The smallest absolute Gasteiger partial charge is 0.224 e. The number of hydrogen-bond donors (Lipinski definition) is 2. The Balaban J connectivity index is 1.79. The molecule has 3 N–H and O–H groups in total. The van der Waals surface area contributed by atoms with Gasteiger partial charge in [0.05, 0.1) is 6.42 Å². The first-order valence-electron chi connectivity index (χ1n) is 5.85. The summed E-state index contributed by atoms with van der Waals surface area (Å²) in [5, 5.41) is 3.64. The maximum atomic E-state index is 11.7.